The van der Waals surface area contributed by atoms with E-state index in [4.69, 9.17) is 27.9 Å². The van der Waals surface area contributed by atoms with Gasteiger partial charge in [0.05, 0.1) is 10.0 Å². The van der Waals surface area contributed by atoms with E-state index in [0.717, 1.165) is 4.57 Å². The first-order valence-electron chi connectivity index (χ1n) is 6.74. The summed E-state index contributed by atoms with van der Waals surface area (Å²) >= 11 is 13.4. The van der Waals surface area contributed by atoms with Gasteiger partial charge in [0, 0.05) is 42.1 Å². The van der Waals surface area contributed by atoms with E-state index in [-0.39, 0.29) is 6.61 Å². The SMILES string of the molecule is CCOC(O)n1c(SCc2c(Cl)cncc2Cl)nc(C)cc1=O. The zero-order valence-electron chi connectivity index (χ0n) is 12.5. The first kappa shape index (κ1) is 18.2. The Hall–Kier alpha value is -1.12. The summed E-state index contributed by atoms with van der Waals surface area (Å²) in [5.74, 6) is 0.370. The van der Waals surface area contributed by atoms with Gasteiger partial charge in [-0.25, -0.2) is 9.55 Å². The normalized spacial score (nSPS) is 12.4. The molecule has 0 saturated carbocycles. The van der Waals surface area contributed by atoms with Crippen molar-refractivity contribution in [2.75, 3.05) is 6.61 Å². The van der Waals surface area contributed by atoms with Crippen molar-refractivity contribution in [1.82, 2.24) is 14.5 Å². The fourth-order valence-corrected chi connectivity index (χ4v) is 3.59. The molecule has 1 N–H and O–H groups in total. The van der Waals surface area contributed by atoms with Crippen LogP contribution in [0.25, 0.3) is 0 Å². The molecule has 2 aromatic heterocycles. The maximum absolute atomic E-state index is 12.1. The highest BCUT2D eigenvalue weighted by Crippen LogP contribution is 2.30. The predicted molar refractivity (Wildman–Crippen MR) is 89.9 cm³/mol. The molecule has 124 valence electrons. The van der Waals surface area contributed by atoms with Gasteiger partial charge in [0.2, 0.25) is 6.41 Å². The smallest absolute Gasteiger partial charge is 0.258 e. The van der Waals surface area contributed by atoms with Crippen molar-refractivity contribution in [2.24, 2.45) is 0 Å². The van der Waals surface area contributed by atoms with Crippen molar-refractivity contribution in [3.05, 3.63) is 50.1 Å². The second-order valence-electron chi connectivity index (χ2n) is 4.54. The topological polar surface area (TPSA) is 77.2 Å². The second-order valence-corrected chi connectivity index (χ2v) is 6.30. The highest BCUT2D eigenvalue weighted by Gasteiger charge is 2.17. The van der Waals surface area contributed by atoms with Crippen LogP contribution >= 0.6 is 35.0 Å². The minimum absolute atomic E-state index is 0.258. The molecule has 0 bridgehead atoms. The van der Waals surface area contributed by atoms with Crippen molar-refractivity contribution < 1.29 is 9.84 Å². The van der Waals surface area contributed by atoms with E-state index in [9.17, 15) is 9.90 Å². The van der Waals surface area contributed by atoms with Crippen LogP contribution in [0.3, 0.4) is 0 Å². The van der Waals surface area contributed by atoms with Gasteiger partial charge in [0.25, 0.3) is 5.56 Å². The van der Waals surface area contributed by atoms with Crippen LogP contribution in [0.5, 0.6) is 0 Å². The number of hydrogen-bond donors (Lipinski definition) is 1. The Kier molecular flexibility index (Phi) is 6.43. The average molecular weight is 376 g/mol. The third kappa shape index (κ3) is 4.45. The number of aromatic nitrogens is 3. The number of ether oxygens (including phenoxy) is 1. The van der Waals surface area contributed by atoms with Gasteiger partial charge in [0.1, 0.15) is 0 Å². The van der Waals surface area contributed by atoms with Gasteiger partial charge in [-0.3, -0.25) is 9.78 Å². The van der Waals surface area contributed by atoms with Crippen LogP contribution in [0.1, 0.15) is 24.6 Å². The lowest BCUT2D eigenvalue weighted by Crippen LogP contribution is -2.28. The summed E-state index contributed by atoms with van der Waals surface area (Å²) < 4.78 is 6.18. The fourth-order valence-electron chi connectivity index (χ4n) is 1.82. The van der Waals surface area contributed by atoms with Gasteiger partial charge in [-0.1, -0.05) is 35.0 Å². The monoisotopic (exact) mass is 375 g/mol. The molecular weight excluding hydrogens is 361 g/mol. The molecule has 0 spiro atoms. The molecule has 2 aromatic rings. The van der Waals surface area contributed by atoms with Gasteiger partial charge in [0.15, 0.2) is 5.16 Å². The lowest BCUT2D eigenvalue weighted by molar-refractivity contribution is -0.156. The van der Waals surface area contributed by atoms with E-state index >= 15 is 0 Å². The summed E-state index contributed by atoms with van der Waals surface area (Å²) in [6, 6.07) is 1.33. The van der Waals surface area contributed by atoms with Crippen molar-refractivity contribution in [2.45, 2.75) is 31.2 Å². The largest absolute Gasteiger partial charge is 0.351 e. The van der Waals surface area contributed by atoms with E-state index in [1.54, 1.807) is 13.8 Å². The molecule has 0 aliphatic rings. The third-order valence-electron chi connectivity index (χ3n) is 2.88. The van der Waals surface area contributed by atoms with Crippen LogP contribution in [-0.4, -0.2) is 26.2 Å². The molecule has 2 heterocycles. The fraction of sp³-hybridized carbons (Fsp3) is 0.357. The molecule has 9 heteroatoms. The van der Waals surface area contributed by atoms with E-state index < -0.39 is 12.0 Å². The molecule has 0 aromatic carbocycles. The maximum Gasteiger partial charge on any atom is 0.258 e. The van der Waals surface area contributed by atoms with Gasteiger partial charge in [-0.15, -0.1) is 0 Å². The Balaban J connectivity index is 2.34. The zero-order valence-corrected chi connectivity index (χ0v) is 14.8. The van der Waals surface area contributed by atoms with Crippen LogP contribution in [0.15, 0.2) is 28.4 Å². The number of hydrogen-bond acceptors (Lipinski definition) is 6. The van der Waals surface area contributed by atoms with Gasteiger partial charge >= 0.3 is 0 Å². The van der Waals surface area contributed by atoms with Gasteiger partial charge in [-0.05, 0) is 13.8 Å². The summed E-state index contributed by atoms with van der Waals surface area (Å²) in [5.41, 5.74) is 0.832. The Morgan fingerprint density at radius 1 is 1.39 bits per heavy atom. The molecule has 0 aliphatic heterocycles. The van der Waals surface area contributed by atoms with Crippen LogP contribution in [0.4, 0.5) is 0 Å². The van der Waals surface area contributed by atoms with E-state index in [0.29, 0.717) is 32.2 Å². The summed E-state index contributed by atoms with van der Waals surface area (Å²) in [6.07, 6.45) is 1.59. The molecule has 1 atom stereocenters. The highest BCUT2D eigenvalue weighted by atomic mass is 35.5. The summed E-state index contributed by atoms with van der Waals surface area (Å²) in [5, 5.41) is 11.2. The van der Waals surface area contributed by atoms with Crippen molar-refractivity contribution in [3.63, 3.8) is 0 Å². The first-order valence-corrected chi connectivity index (χ1v) is 8.48. The Morgan fingerprint density at radius 2 is 2.04 bits per heavy atom. The number of pyridine rings is 1. The first-order chi connectivity index (χ1) is 10.9. The van der Waals surface area contributed by atoms with Crippen molar-refractivity contribution >= 4 is 35.0 Å². The highest BCUT2D eigenvalue weighted by molar-refractivity contribution is 7.98. The lowest BCUT2D eigenvalue weighted by atomic mass is 10.3. The molecular formula is C14H15Cl2N3O3S. The maximum atomic E-state index is 12.1. The lowest BCUT2D eigenvalue weighted by Gasteiger charge is -2.17. The molecule has 0 fully saturated rings. The third-order valence-corrected chi connectivity index (χ3v) is 4.51. The van der Waals surface area contributed by atoms with Crippen molar-refractivity contribution in [3.8, 4) is 0 Å². The zero-order chi connectivity index (χ0) is 17.0. The molecule has 23 heavy (non-hydrogen) atoms. The average Bonchev–Trinajstić information content (AvgIpc) is 2.46. The molecule has 2 rings (SSSR count). The number of halogens is 2. The Labute approximate surface area is 147 Å². The molecule has 1 unspecified atom stereocenters. The molecule has 0 amide bonds. The van der Waals surface area contributed by atoms with Crippen LogP contribution in [0.2, 0.25) is 10.0 Å². The molecule has 6 nitrogen and oxygen atoms in total. The number of nitrogens with zero attached hydrogens (tertiary/aromatic N) is 3. The number of rotatable bonds is 6. The standard InChI is InChI=1S/C14H15Cl2N3O3S/c1-3-22-14(21)19-12(20)4-8(2)18-13(19)23-7-9-10(15)5-17-6-11(9)16/h4-6,14,21H,3,7H2,1-2H3. The van der Waals surface area contributed by atoms with E-state index in [1.165, 1.54) is 30.2 Å². The Bertz CT molecular complexity index is 734. The van der Waals surface area contributed by atoms with Gasteiger partial charge < -0.3 is 9.84 Å². The quantitative estimate of drug-likeness (QED) is 0.475. The molecule has 0 radical (unpaired) electrons. The summed E-state index contributed by atoms with van der Waals surface area (Å²) in [7, 11) is 0. The summed E-state index contributed by atoms with van der Waals surface area (Å²) in [6.45, 7) is 3.68. The number of aliphatic hydroxyl groups excluding tert-OH is 1. The molecule has 0 saturated heterocycles. The number of thioether (sulfide) groups is 1. The number of aryl methyl sites for hydroxylation is 1. The van der Waals surface area contributed by atoms with Crippen LogP contribution in [0, 0.1) is 6.92 Å². The second kappa shape index (κ2) is 8.12. The van der Waals surface area contributed by atoms with E-state index in [2.05, 4.69) is 9.97 Å². The van der Waals surface area contributed by atoms with Crippen molar-refractivity contribution in [1.29, 1.82) is 0 Å². The van der Waals surface area contributed by atoms with E-state index in [1.807, 2.05) is 0 Å². The summed E-state index contributed by atoms with van der Waals surface area (Å²) in [4.78, 5) is 20.3. The predicted octanol–water partition coefficient (Wildman–Crippen LogP) is 3.03. The minimum Gasteiger partial charge on any atom is -0.351 e. The van der Waals surface area contributed by atoms with Gasteiger partial charge in [-0.2, -0.15) is 0 Å². The van der Waals surface area contributed by atoms with Crippen LogP contribution in [-0.2, 0) is 10.5 Å². The molecule has 0 aliphatic carbocycles. The van der Waals surface area contributed by atoms with Crippen LogP contribution < -0.4 is 5.56 Å². The Morgan fingerprint density at radius 3 is 2.65 bits per heavy atom. The minimum atomic E-state index is -1.40. The number of aliphatic hydroxyl groups is 1.